The van der Waals surface area contributed by atoms with Crippen molar-refractivity contribution in [3.05, 3.63) is 36.4 Å². The molecule has 0 saturated carbocycles. The number of aryl methyl sites for hydroxylation is 1. The van der Waals surface area contributed by atoms with Crippen LogP contribution in [0.1, 0.15) is 24.6 Å². The van der Waals surface area contributed by atoms with Crippen molar-refractivity contribution < 1.29 is 0 Å². The van der Waals surface area contributed by atoms with Crippen molar-refractivity contribution in [3.8, 4) is 0 Å². The van der Waals surface area contributed by atoms with Crippen LogP contribution in [-0.2, 0) is 7.05 Å². The lowest BCUT2D eigenvalue weighted by atomic mass is 9.97. The van der Waals surface area contributed by atoms with Crippen molar-refractivity contribution in [3.63, 3.8) is 0 Å². The molecule has 0 amide bonds. The number of piperidine rings is 1. The summed E-state index contributed by atoms with van der Waals surface area (Å²) in [5, 5.41) is 9.42. The van der Waals surface area contributed by atoms with Gasteiger partial charge >= 0.3 is 0 Å². The predicted molar refractivity (Wildman–Crippen MR) is 84.8 cm³/mol. The van der Waals surface area contributed by atoms with E-state index in [9.17, 15) is 0 Å². The van der Waals surface area contributed by atoms with E-state index in [0.717, 1.165) is 29.6 Å². The van der Waals surface area contributed by atoms with E-state index >= 15 is 0 Å². The van der Waals surface area contributed by atoms with E-state index in [2.05, 4.69) is 33.3 Å². The molecule has 1 fully saturated rings. The number of benzene rings is 1. The molecule has 6 heteroatoms. The van der Waals surface area contributed by atoms with Crippen molar-refractivity contribution in [1.82, 2.24) is 19.7 Å². The number of nitrogens with zero attached hydrogens (tertiary/aromatic N) is 5. The molecule has 1 aliphatic heterocycles. The second-order valence-electron chi connectivity index (χ2n) is 5.55. The number of hydrogen-bond acceptors (Lipinski definition) is 5. The topological polar surface area (TPSA) is 46.8 Å². The summed E-state index contributed by atoms with van der Waals surface area (Å²) >= 11 is 1.78. The van der Waals surface area contributed by atoms with E-state index in [4.69, 9.17) is 4.98 Å². The Labute approximate surface area is 127 Å². The van der Waals surface area contributed by atoms with Gasteiger partial charge in [0.25, 0.3) is 0 Å². The third-order valence-corrected chi connectivity index (χ3v) is 5.18. The third kappa shape index (κ3) is 2.29. The van der Waals surface area contributed by atoms with E-state index < -0.39 is 0 Å². The summed E-state index contributed by atoms with van der Waals surface area (Å²) in [4.78, 5) is 7.17. The van der Waals surface area contributed by atoms with Gasteiger partial charge in [-0.25, -0.2) is 4.98 Å². The Kier molecular flexibility index (Phi) is 3.11. The molecule has 0 N–H and O–H groups in total. The zero-order valence-corrected chi connectivity index (χ0v) is 12.8. The molecule has 4 rings (SSSR count). The fraction of sp³-hybridized carbons (Fsp3) is 0.400. The summed E-state index contributed by atoms with van der Waals surface area (Å²) in [7, 11) is 2.02. The SMILES string of the molecule is Cn1cnnc1[C@H]1CCCN(c2nc3ccccc3s2)C1. The summed E-state index contributed by atoms with van der Waals surface area (Å²) in [6.45, 7) is 2.06. The Hall–Kier alpha value is -1.95. The summed E-state index contributed by atoms with van der Waals surface area (Å²) in [5.74, 6) is 1.53. The van der Waals surface area contributed by atoms with Crippen LogP contribution in [0.25, 0.3) is 10.2 Å². The van der Waals surface area contributed by atoms with E-state index in [0.29, 0.717) is 5.92 Å². The van der Waals surface area contributed by atoms with Crippen LogP contribution >= 0.6 is 11.3 Å². The monoisotopic (exact) mass is 299 g/mol. The second-order valence-corrected chi connectivity index (χ2v) is 6.56. The molecular weight excluding hydrogens is 282 g/mol. The van der Waals surface area contributed by atoms with E-state index in [-0.39, 0.29) is 0 Å². The minimum absolute atomic E-state index is 0.443. The lowest BCUT2D eigenvalue weighted by Crippen LogP contribution is -2.35. The van der Waals surface area contributed by atoms with Gasteiger partial charge in [-0.15, -0.1) is 10.2 Å². The highest BCUT2D eigenvalue weighted by atomic mass is 32.1. The zero-order valence-electron chi connectivity index (χ0n) is 11.9. The minimum Gasteiger partial charge on any atom is -0.347 e. The van der Waals surface area contributed by atoms with Crippen LogP contribution in [0.5, 0.6) is 0 Å². The van der Waals surface area contributed by atoms with Gasteiger partial charge in [-0.3, -0.25) is 0 Å². The lowest BCUT2D eigenvalue weighted by Gasteiger charge is -2.31. The zero-order chi connectivity index (χ0) is 14.2. The van der Waals surface area contributed by atoms with Gasteiger partial charge in [0.05, 0.1) is 10.2 Å². The molecular formula is C15H17N5S. The average molecular weight is 299 g/mol. The van der Waals surface area contributed by atoms with Crippen LogP contribution in [0.4, 0.5) is 5.13 Å². The first kappa shape index (κ1) is 12.8. The molecule has 1 atom stereocenters. The van der Waals surface area contributed by atoms with E-state index in [1.807, 2.05) is 17.7 Å². The first-order valence-electron chi connectivity index (χ1n) is 7.25. The smallest absolute Gasteiger partial charge is 0.186 e. The molecule has 0 bridgehead atoms. The van der Waals surface area contributed by atoms with Crippen LogP contribution in [0.15, 0.2) is 30.6 Å². The van der Waals surface area contributed by atoms with Crippen molar-refractivity contribution in [1.29, 1.82) is 0 Å². The molecule has 21 heavy (non-hydrogen) atoms. The molecule has 108 valence electrons. The number of aromatic nitrogens is 4. The molecule has 0 aliphatic carbocycles. The van der Waals surface area contributed by atoms with Crippen LogP contribution < -0.4 is 4.90 Å². The van der Waals surface area contributed by atoms with Gasteiger partial charge in [0.1, 0.15) is 12.2 Å². The number of para-hydroxylation sites is 1. The molecule has 0 unspecified atom stereocenters. The summed E-state index contributed by atoms with van der Waals surface area (Å²) in [6, 6.07) is 8.34. The van der Waals surface area contributed by atoms with Gasteiger partial charge in [0, 0.05) is 26.1 Å². The van der Waals surface area contributed by atoms with Crippen LogP contribution in [0.2, 0.25) is 0 Å². The molecule has 1 aromatic carbocycles. The molecule has 0 radical (unpaired) electrons. The highest BCUT2D eigenvalue weighted by Gasteiger charge is 2.26. The predicted octanol–water partition coefficient (Wildman–Crippen LogP) is 2.81. The van der Waals surface area contributed by atoms with Crippen molar-refractivity contribution in [2.75, 3.05) is 18.0 Å². The number of hydrogen-bond donors (Lipinski definition) is 0. The van der Waals surface area contributed by atoms with Gasteiger partial charge in [-0.2, -0.15) is 0 Å². The van der Waals surface area contributed by atoms with Crippen LogP contribution in [0.3, 0.4) is 0 Å². The highest BCUT2D eigenvalue weighted by Crippen LogP contribution is 2.33. The van der Waals surface area contributed by atoms with Gasteiger partial charge in [0.2, 0.25) is 0 Å². The average Bonchev–Trinajstić information content (AvgIpc) is 3.13. The van der Waals surface area contributed by atoms with Crippen LogP contribution in [0, 0.1) is 0 Å². The van der Waals surface area contributed by atoms with Crippen LogP contribution in [-0.4, -0.2) is 32.8 Å². The van der Waals surface area contributed by atoms with Gasteiger partial charge in [0.15, 0.2) is 5.13 Å². The molecule has 5 nitrogen and oxygen atoms in total. The number of rotatable bonds is 2. The van der Waals surface area contributed by atoms with Gasteiger partial charge in [-0.1, -0.05) is 23.5 Å². The Balaban J connectivity index is 1.62. The first-order valence-corrected chi connectivity index (χ1v) is 8.07. The number of fused-ring (bicyclic) bond motifs is 1. The molecule has 1 saturated heterocycles. The van der Waals surface area contributed by atoms with Gasteiger partial charge < -0.3 is 9.47 Å². The van der Waals surface area contributed by atoms with E-state index in [1.165, 1.54) is 17.5 Å². The molecule has 3 heterocycles. The van der Waals surface area contributed by atoms with Crippen molar-refractivity contribution in [2.45, 2.75) is 18.8 Å². The highest BCUT2D eigenvalue weighted by molar-refractivity contribution is 7.22. The summed E-state index contributed by atoms with van der Waals surface area (Å²) < 4.78 is 3.29. The Bertz CT molecular complexity index is 729. The fourth-order valence-electron chi connectivity index (χ4n) is 3.02. The second kappa shape index (κ2) is 5.11. The first-order chi connectivity index (χ1) is 10.3. The standard InChI is InChI=1S/C15H17N5S/c1-19-10-16-18-14(19)11-5-4-8-20(9-11)15-17-12-6-2-3-7-13(12)21-15/h2-3,6-7,10-11H,4-5,8-9H2,1H3/t11-/m0/s1. The van der Waals surface area contributed by atoms with E-state index in [1.54, 1.807) is 17.7 Å². The molecule has 0 spiro atoms. The molecule has 1 aliphatic rings. The maximum absolute atomic E-state index is 4.78. The Morgan fingerprint density at radius 1 is 1.29 bits per heavy atom. The quantitative estimate of drug-likeness (QED) is 0.730. The molecule has 3 aromatic rings. The lowest BCUT2D eigenvalue weighted by molar-refractivity contribution is 0.480. The normalized spacial score (nSPS) is 19.3. The maximum atomic E-state index is 4.78. The fourth-order valence-corrected chi connectivity index (χ4v) is 4.02. The molecule has 2 aromatic heterocycles. The maximum Gasteiger partial charge on any atom is 0.186 e. The minimum atomic E-state index is 0.443. The van der Waals surface area contributed by atoms with Gasteiger partial charge in [-0.05, 0) is 25.0 Å². The largest absolute Gasteiger partial charge is 0.347 e. The summed E-state index contributed by atoms with van der Waals surface area (Å²) in [6.07, 6.45) is 4.13. The summed E-state index contributed by atoms with van der Waals surface area (Å²) in [5.41, 5.74) is 1.10. The Morgan fingerprint density at radius 3 is 3.00 bits per heavy atom. The van der Waals surface area contributed by atoms with Crippen molar-refractivity contribution >= 4 is 26.7 Å². The number of anilines is 1. The number of thiazole rings is 1. The Morgan fingerprint density at radius 2 is 2.19 bits per heavy atom. The third-order valence-electron chi connectivity index (χ3n) is 4.09. The van der Waals surface area contributed by atoms with Crippen molar-refractivity contribution in [2.24, 2.45) is 7.05 Å².